The highest BCUT2D eigenvalue weighted by atomic mass is 79.9. The molecule has 0 saturated carbocycles. The summed E-state index contributed by atoms with van der Waals surface area (Å²) >= 11 is 3.41. The van der Waals surface area contributed by atoms with Gasteiger partial charge in [0.15, 0.2) is 0 Å². The van der Waals surface area contributed by atoms with Gasteiger partial charge in [-0.15, -0.1) is 0 Å². The van der Waals surface area contributed by atoms with E-state index in [2.05, 4.69) is 37.9 Å². The molecule has 0 radical (unpaired) electrons. The van der Waals surface area contributed by atoms with Crippen LogP contribution in [0.2, 0.25) is 0 Å². The Balaban J connectivity index is 1.63. The molecule has 0 unspecified atom stereocenters. The molecular formula is C19H21BrN2O2. The van der Waals surface area contributed by atoms with Gasteiger partial charge in [-0.2, -0.15) is 0 Å². The number of benzene rings is 2. The molecule has 24 heavy (non-hydrogen) atoms. The van der Waals surface area contributed by atoms with Crippen molar-refractivity contribution >= 4 is 27.6 Å². The standard InChI is InChI=1S/C19H21BrN2O2/c20-16-8-6-15(7-9-16)14-18(19(23)24)22-12-10-21(11-13-22)17-4-2-1-3-5-17/h1-9,18H,10-14H2,(H,23,24)/t18-/m1/s1. The van der Waals surface area contributed by atoms with E-state index in [-0.39, 0.29) is 0 Å². The number of para-hydroxylation sites is 1. The van der Waals surface area contributed by atoms with Crippen molar-refractivity contribution in [3.8, 4) is 0 Å². The van der Waals surface area contributed by atoms with Crippen LogP contribution in [0, 0.1) is 0 Å². The highest BCUT2D eigenvalue weighted by Crippen LogP contribution is 2.19. The van der Waals surface area contributed by atoms with Crippen LogP contribution in [0.15, 0.2) is 59.1 Å². The number of aliphatic carboxylic acids is 1. The summed E-state index contributed by atoms with van der Waals surface area (Å²) in [5.41, 5.74) is 2.26. The molecule has 1 aliphatic heterocycles. The molecule has 1 fully saturated rings. The maximum absolute atomic E-state index is 11.8. The van der Waals surface area contributed by atoms with Crippen LogP contribution >= 0.6 is 15.9 Å². The van der Waals surface area contributed by atoms with E-state index < -0.39 is 12.0 Å². The maximum atomic E-state index is 11.8. The smallest absolute Gasteiger partial charge is 0.321 e. The Morgan fingerprint density at radius 3 is 2.21 bits per heavy atom. The van der Waals surface area contributed by atoms with E-state index in [0.717, 1.165) is 36.2 Å². The van der Waals surface area contributed by atoms with Crippen LogP contribution in [-0.2, 0) is 11.2 Å². The van der Waals surface area contributed by atoms with Gasteiger partial charge < -0.3 is 10.0 Å². The monoisotopic (exact) mass is 388 g/mol. The van der Waals surface area contributed by atoms with Gasteiger partial charge in [0.25, 0.3) is 0 Å². The fourth-order valence-corrected chi connectivity index (χ4v) is 3.41. The lowest BCUT2D eigenvalue weighted by atomic mass is 10.0. The summed E-state index contributed by atoms with van der Waals surface area (Å²) in [6.45, 7) is 3.24. The summed E-state index contributed by atoms with van der Waals surface area (Å²) in [4.78, 5) is 16.2. The Bertz CT molecular complexity index is 668. The molecule has 0 spiro atoms. The van der Waals surface area contributed by atoms with Crippen molar-refractivity contribution in [1.29, 1.82) is 0 Å². The van der Waals surface area contributed by atoms with Gasteiger partial charge in [-0.3, -0.25) is 9.69 Å². The molecule has 0 bridgehead atoms. The summed E-state index contributed by atoms with van der Waals surface area (Å²) in [5, 5.41) is 9.66. The summed E-state index contributed by atoms with van der Waals surface area (Å²) < 4.78 is 1.01. The first kappa shape index (κ1) is 17.0. The average Bonchev–Trinajstić information content (AvgIpc) is 2.62. The molecular weight excluding hydrogens is 368 g/mol. The molecule has 1 aliphatic rings. The van der Waals surface area contributed by atoms with Gasteiger partial charge in [-0.25, -0.2) is 0 Å². The number of rotatable bonds is 5. The zero-order chi connectivity index (χ0) is 16.9. The highest BCUT2D eigenvalue weighted by Gasteiger charge is 2.29. The molecule has 0 aliphatic carbocycles. The SMILES string of the molecule is O=C(O)[C@@H](Cc1ccc(Br)cc1)N1CCN(c2ccccc2)CC1. The predicted octanol–water partition coefficient (Wildman–Crippen LogP) is 3.27. The fourth-order valence-electron chi connectivity index (χ4n) is 3.15. The number of anilines is 1. The number of carboxylic acid groups (broad SMARTS) is 1. The lowest BCUT2D eigenvalue weighted by Crippen LogP contribution is -2.53. The molecule has 3 rings (SSSR count). The van der Waals surface area contributed by atoms with Crippen LogP contribution in [0.1, 0.15) is 5.56 Å². The minimum absolute atomic E-state index is 0.468. The maximum Gasteiger partial charge on any atom is 0.321 e. The molecule has 1 heterocycles. The Morgan fingerprint density at radius 1 is 1.00 bits per heavy atom. The second-order valence-corrected chi connectivity index (χ2v) is 6.96. The van der Waals surface area contributed by atoms with Crippen molar-refractivity contribution < 1.29 is 9.90 Å². The average molecular weight is 389 g/mol. The number of carboxylic acids is 1. The summed E-state index contributed by atoms with van der Waals surface area (Å²) in [6, 6.07) is 17.7. The van der Waals surface area contributed by atoms with Crippen molar-refractivity contribution in [2.24, 2.45) is 0 Å². The van der Waals surface area contributed by atoms with E-state index >= 15 is 0 Å². The van der Waals surface area contributed by atoms with Crippen LogP contribution in [0.25, 0.3) is 0 Å². The number of hydrogen-bond donors (Lipinski definition) is 1. The molecule has 2 aromatic carbocycles. The van der Waals surface area contributed by atoms with Crippen molar-refractivity contribution in [3.63, 3.8) is 0 Å². The fraction of sp³-hybridized carbons (Fsp3) is 0.316. The third-order valence-electron chi connectivity index (χ3n) is 4.50. The summed E-state index contributed by atoms with van der Waals surface area (Å²) in [5.74, 6) is -0.744. The second-order valence-electron chi connectivity index (χ2n) is 6.04. The second kappa shape index (κ2) is 7.81. The Hall–Kier alpha value is -1.85. The Morgan fingerprint density at radius 2 is 1.62 bits per heavy atom. The van der Waals surface area contributed by atoms with Crippen molar-refractivity contribution in [2.75, 3.05) is 31.1 Å². The zero-order valence-electron chi connectivity index (χ0n) is 13.4. The van der Waals surface area contributed by atoms with Crippen LogP contribution in [0.5, 0.6) is 0 Å². The predicted molar refractivity (Wildman–Crippen MR) is 99.5 cm³/mol. The van der Waals surface area contributed by atoms with E-state index in [1.54, 1.807) is 0 Å². The van der Waals surface area contributed by atoms with Crippen LogP contribution in [0.3, 0.4) is 0 Å². The van der Waals surface area contributed by atoms with Gasteiger partial charge >= 0.3 is 5.97 Å². The normalized spacial score (nSPS) is 16.8. The largest absolute Gasteiger partial charge is 0.480 e. The van der Waals surface area contributed by atoms with Crippen LogP contribution in [-0.4, -0.2) is 48.2 Å². The topological polar surface area (TPSA) is 43.8 Å². The molecule has 1 saturated heterocycles. The quantitative estimate of drug-likeness (QED) is 0.853. The first-order valence-corrected chi connectivity index (χ1v) is 8.94. The highest BCUT2D eigenvalue weighted by molar-refractivity contribution is 9.10. The van der Waals surface area contributed by atoms with Crippen molar-refractivity contribution in [2.45, 2.75) is 12.5 Å². The van der Waals surface area contributed by atoms with Gasteiger partial charge in [0, 0.05) is 36.3 Å². The van der Waals surface area contributed by atoms with Crippen LogP contribution < -0.4 is 4.90 Å². The third kappa shape index (κ3) is 4.16. The Kier molecular flexibility index (Phi) is 5.53. The van der Waals surface area contributed by atoms with Gasteiger partial charge in [-0.05, 0) is 36.2 Å². The van der Waals surface area contributed by atoms with Gasteiger partial charge in [-0.1, -0.05) is 46.3 Å². The van der Waals surface area contributed by atoms with Gasteiger partial charge in [0.1, 0.15) is 6.04 Å². The molecule has 2 aromatic rings. The molecule has 0 amide bonds. The van der Waals surface area contributed by atoms with E-state index in [9.17, 15) is 9.90 Å². The zero-order valence-corrected chi connectivity index (χ0v) is 15.0. The number of nitrogens with zero attached hydrogens (tertiary/aromatic N) is 2. The lowest BCUT2D eigenvalue weighted by molar-refractivity contribution is -0.143. The molecule has 126 valence electrons. The van der Waals surface area contributed by atoms with Crippen molar-refractivity contribution in [1.82, 2.24) is 4.90 Å². The van der Waals surface area contributed by atoms with E-state index in [0.29, 0.717) is 6.42 Å². The number of carbonyl (C=O) groups is 1. The lowest BCUT2D eigenvalue weighted by Gasteiger charge is -2.38. The summed E-state index contributed by atoms with van der Waals surface area (Å²) in [7, 11) is 0. The third-order valence-corrected chi connectivity index (χ3v) is 5.03. The van der Waals surface area contributed by atoms with E-state index in [1.807, 2.05) is 42.5 Å². The van der Waals surface area contributed by atoms with E-state index in [4.69, 9.17) is 0 Å². The van der Waals surface area contributed by atoms with Gasteiger partial charge in [0.2, 0.25) is 0 Å². The number of piperazine rings is 1. The van der Waals surface area contributed by atoms with E-state index in [1.165, 1.54) is 5.69 Å². The summed E-state index contributed by atoms with van der Waals surface area (Å²) in [6.07, 6.45) is 0.536. The number of halogens is 1. The van der Waals surface area contributed by atoms with Crippen molar-refractivity contribution in [3.05, 3.63) is 64.6 Å². The minimum Gasteiger partial charge on any atom is -0.480 e. The molecule has 5 heteroatoms. The molecule has 1 N–H and O–H groups in total. The molecule has 1 atom stereocenters. The van der Waals surface area contributed by atoms with Gasteiger partial charge in [0.05, 0.1) is 0 Å². The molecule has 0 aromatic heterocycles. The Labute approximate surface area is 150 Å². The molecule has 4 nitrogen and oxygen atoms in total. The number of hydrogen-bond acceptors (Lipinski definition) is 3. The first-order valence-electron chi connectivity index (χ1n) is 8.15. The first-order chi connectivity index (χ1) is 11.6. The minimum atomic E-state index is -0.744. The van der Waals surface area contributed by atoms with Crippen LogP contribution in [0.4, 0.5) is 5.69 Å².